The van der Waals surface area contributed by atoms with Crippen molar-refractivity contribution in [3.05, 3.63) is 31.8 Å². The Kier molecular flexibility index (Phi) is 5.31. The van der Waals surface area contributed by atoms with E-state index in [0.29, 0.717) is 6.61 Å². The first-order chi connectivity index (χ1) is 7.15. The highest BCUT2D eigenvalue weighted by atomic mass is 127. The molecule has 1 aromatic heterocycles. The summed E-state index contributed by atoms with van der Waals surface area (Å²) in [6, 6.07) is 1.68. The van der Waals surface area contributed by atoms with E-state index in [0.717, 1.165) is 28.7 Å². The summed E-state index contributed by atoms with van der Waals surface area (Å²) < 4.78 is 8.10. The summed E-state index contributed by atoms with van der Waals surface area (Å²) in [6.45, 7) is 6.11. The number of rotatable bonds is 5. The average Bonchev–Trinajstić information content (AvgIpc) is 2.20. The van der Waals surface area contributed by atoms with Gasteiger partial charge >= 0.3 is 0 Å². The van der Waals surface area contributed by atoms with Crippen LogP contribution in [-0.2, 0) is 11.3 Å². The van der Waals surface area contributed by atoms with Crippen LogP contribution >= 0.6 is 22.6 Å². The molecule has 0 saturated heterocycles. The van der Waals surface area contributed by atoms with Gasteiger partial charge in [-0.1, -0.05) is 0 Å². The van der Waals surface area contributed by atoms with Crippen molar-refractivity contribution in [1.82, 2.24) is 4.57 Å². The molecule has 0 aliphatic rings. The Hall–Kier alpha value is -0.360. The molecular formula is C11H16INO2. The van der Waals surface area contributed by atoms with Crippen LogP contribution in [0.1, 0.15) is 18.9 Å². The zero-order chi connectivity index (χ0) is 11.3. The van der Waals surface area contributed by atoms with E-state index in [1.165, 1.54) is 0 Å². The number of nitrogens with zero attached hydrogens (tertiary/aromatic N) is 1. The van der Waals surface area contributed by atoms with Crippen LogP contribution in [0.5, 0.6) is 0 Å². The molecule has 3 nitrogen and oxygen atoms in total. The summed E-state index contributed by atoms with van der Waals surface area (Å²) in [4.78, 5) is 11.6. The second-order valence-electron chi connectivity index (χ2n) is 3.39. The van der Waals surface area contributed by atoms with Gasteiger partial charge in [0.25, 0.3) is 5.56 Å². The third-order valence-corrected chi connectivity index (χ3v) is 3.29. The highest BCUT2D eigenvalue weighted by Gasteiger charge is 2.00. The average molecular weight is 321 g/mol. The first kappa shape index (κ1) is 12.7. The SMILES string of the molecule is CCOCCCn1cc(I)c(C)cc1=O. The molecule has 0 atom stereocenters. The zero-order valence-electron chi connectivity index (χ0n) is 9.12. The Balaban J connectivity index is 2.61. The third kappa shape index (κ3) is 3.95. The molecule has 0 unspecified atom stereocenters. The second-order valence-corrected chi connectivity index (χ2v) is 4.55. The van der Waals surface area contributed by atoms with Crippen LogP contribution < -0.4 is 5.56 Å². The maximum atomic E-state index is 11.6. The molecule has 0 fully saturated rings. The van der Waals surface area contributed by atoms with Gasteiger partial charge in [0.05, 0.1) is 0 Å². The van der Waals surface area contributed by atoms with Gasteiger partial charge in [-0.25, -0.2) is 0 Å². The lowest BCUT2D eigenvalue weighted by Gasteiger charge is -2.07. The first-order valence-corrected chi connectivity index (χ1v) is 6.17. The lowest BCUT2D eigenvalue weighted by atomic mass is 10.3. The molecule has 0 amide bonds. The summed E-state index contributed by atoms with van der Waals surface area (Å²) in [5.41, 5.74) is 1.12. The highest BCUT2D eigenvalue weighted by Crippen LogP contribution is 2.07. The van der Waals surface area contributed by atoms with E-state index in [1.807, 2.05) is 20.0 Å². The Morgan fingerprint density at radius 1 is 1.53 bits per heavy atom. The van der Waals surface area contributed by atoms with Crippen LogP contribution in [-0.4, -0.2) is 17.8 Å². The fraction of sp³-hybridized carbons (Fsp3) is 0.545. The van der Waals surface area contributed by atoms with Crippen molar-refractivity contribution < 1.29 is 4.74 Å². The minimum absolute atomic E-state index is 0.0735. The Morgan fingerprint density at radius 3 is 2.93 bits per heavy atom. The van der Waals surface area contributed by atoms with Gasteiger partial charge in [-0.2, -0.15) is 0 Å². The zero-order valence-corrected chi connectivity index (χ0v) is 11.3. The number of hydrogen-bond donors (Lipinski definition) is 0. The number of ether oxygens (including phenoxy) is 1. The molecule has 1 heterocycles. The quantitative estimate of drug-likeness (QED) is 0.615. The molecule has 0 spiro atoms. The Labute approximate surface area is 104 Å². The van der Waals surface area contributed by atoms with Gasteiger partial charge in [0.15, 0.2) is 0 Å². The first-order valence-electron chi connectivity index (χ1n) is 5.09. The number of aromatic nitrogens is 1. The van der Waals surface area contributed by atoms with Crippen LogP contribution in [0.2, 0.25) is 0 Å². The molecule has 4 heteroatoms. The summed E-state index contributed by atoms with van der Waals surface area (Å²) >= 11 is 2.24. The molecule has 84 valence electrons. The van der Waals surface area contributed by atoms with E-state index in [1.54, 1.807) is 10.6 Å². The topological polar surface area (TPSA) is 31.2 Å². The molecule has 0 N–H and O–H groups in total. The smallest absolute Gasteiger partial charge is 0.250 e. The minimum atomic E-state index is 0.0735. The maximum absolute atomic E-state index is 11.6. The molecule has 0 aromatic carbocycles. The van der Waals surface area contributed by atoms with Gasteiger partial charge in [0.1, 0.15) is 0 Å². The van der Waals surface area contributed by atoms with E-state index in [9.17, 15) is 4.79 Å². The molecule has 1 aromatic rings. The number of pyridine rings is 1. The lowest BCUT2D eigenvalue weighted by molar-refractivity contribution is 0.141. The van der Waals surface area contributed by atoms with E-state index in [-0.39, 0.29) is 5.56 Å². The fourth-order valence-electron chi connectivity index (χ4n) is 1.30. The Morgan fingerprint density at radius 2 is 2.27 bits per heavy atom. The second kappa shape index (κ2) is 6.27. The monoisotopic (exact) mass is 321 g/mol. The standard InChI is InChI=1S/C11H16INO2/c1-3-15-6-4-5-13-8-10(12)9(2)7-11(13)14/h7-8H,3-6H2,1-2H3. The normalized spacial score (nSPS) is 10.6. The summed E-state index contributed by atoms with van der Waals surface area (Å²) in [5, 5.41) is 0. The fourth-order valence-corrected chi connectivity index (χ4v) is 1.79. The molecular weight excluding hydrogens is 305 g/mol. The van der Waals surface area contributed by atoms with Crippen molar-refractivity contribution in [2.24, 2.45) is 0 Å². The van der Waals surface area contributed by atoms with Crippen molar-refractivity contribution in [3.8, 4) is 0 Å². The van der Waals surface area contributed by atoms with Crippen LogP contribution in [0.3, 0.4) is 0 Å². The van der Waals surface area contributed by atoms with Gasteiger partial charge in [0.2, 0.25) is 0 Å². The molecule has 0 aliphatic carbocycles. The van der Waals surface area contributed by atoms with E-state index in [4.69, 9.17) is 4.74 Å². The molecule has 15 heavy (non-hydrogen) atoms. The number of halogens is 1. The molecule has 0 radical (unpaired) electrons. The lowest BCUT2D eigenvalue weighted by Crippen LogP contribution is -2.20. The van der Waals surface area contributed by atoms with Gasteiger partial charge in [0, 0.05) is 35.6 Å². The van der Waals surface area contributed by atoms with Crippen LogP contribution in [0.25, 0.3) is 0 Å². The van der Waals surface area contributed by atoms with Crippen molar-refractivity contribution in [1.29, 1.82) is 0 Å². The van der Waals surface area contributed by atoms with Crippen molar-refractivity contribution in [2.45, 2.75) is 26.8 Å². The number of aryl methyl sites for hydroxylation is 2. The van der Waals surface area contributed by atoms with E-state index >= 15 is 0 Å². The minimum Gasteiger partial charge on any atom is -0.382 e. The molecule has 1 rings (SSSR count). The maximum Gasteiger partial charge on any atom is 0.250 e. The Bertz CT molecular complexity index is 373. The van der Waals surface area contributed by atoms with Crippen LogP contribution in [0.15, 0.2) is 17.1 Å². The predicted molar refractivity (Wildman–Crippen MR) is 69.3 cm³/mol. The van der Waals surface area contributed by atoms with Crippen LogP contribution in [0, 0.1) is 10.5 Å². The van der Waals surface area contributed by atoms with Gasteiger partial charge in [-0.15, -0.1) is 0 Å². The summed E-state index contributed by atoms with van der Waals surface area (Å²) in [6.07, 6.45) is 2.79. The van der Waals surface area contributed by atoms with Crippen molar-refractivity contribution >= 4 is 22.6 Å². The largest absolute Gasteiger partial charge is 0.382 e. The highest BCUT2D eigenvalue weighted by molar-refractivity contribution is 14.1. The molecule has 0 saturated carbocycles. The predicted octanol–water partition coefficient (Wildman–Crippen LogP) is 2.19. The third-order valence-electron chi connectivity index (χ3n) is 2.16. The van der Waals surface area contributed by atoms with Crippen molar-refractivity contribution in [3.63, 3.8) is 0 Å². The van der Waals surface area contributed by atoms with Gasteiger partial charge in [-0.05, 0) is 48.4 Å². The van der Waals surface area contributed by atoms with E-state index < -0.39 is 0 Å². The summed E-state index contributed by atoms with van der Waals surface area (Å²) in [5.74, 6) is 0. The molecule has 0 bridgehead atoms. The van der Waals surface area contributed by atoms with Crippen LogP contribution in [0.4, 0.5) is 0 Å². The van der Waals surface area contributed by atoms with Crippen molar-refractivity contribution in [2.75, 3.05) is 13.2 Å². The van der Waals surface area contributed by atoms with Gasteiger partial charge in [-0.3, -0.25) is 4.79 Å². The summed E-state index contributed by atoms with van der Waals surface area (Å²) in [7, 11) is 0. The number of hydrogen-bond acceptors (Lipinski definition) is 2. The molecule has 0 aliphatic heterocycles. The van der Waals surface area contributed by atoms with E-state index in [2.05, 4.69) is 22.6 Å². The van der Waals surface area contributed by atoms with Gasteiger partial charge < -0.3 is 9.30 Å².